The van der Waals surface area contributed by atoms with Crippen molar-refractivity contribution < 1.29 is 9.59 Å². The number of hydrogen-bond donors (Lipinski definition) is 1. The summed E-state index contributed by atoms with van der Waals surface area (Å²) in [5.74, 6) is 0.299. The highest BCUT2D eigenvalue weighted by atomic mass is 16.2. The summed E-state index contributed by atoms with van der Waals surface area (Å²) in [4.78, 5) is 24.8. The normalized spacial score (nSPS) is 13.5. The molecule has 1 N–H and O–H groups in total. The average Bonchev–Trinajstić information content (AvgIpc) is 2.58. The highest BCUT2D eigenvalue weighted by Gasteiger charge is 2.22. The first-order valence-electron chi connectivity index (χ1n) is 10.4. The van der Waals surface area contributed by atoms with Gasteiger partial charge in [0.25, 0.3) is 0 Å². The molecule has 0 aliphatic carbocycles. The molecule has 1 amide bonds. The molecule has 0 saturated carbocycles. The van der Waals surface area contributed by atoms with Crippen molar-refractivity contribution in [1.29, 1.82) is 0 Å². The van der Waals surface area contributed by atoms with Gasteiger partial charge in [0.2, 0.25) is 5.91 Å². The van der Waals surface area contributed by atoms with E-state index in [4.69, 9.17) is 0 Å². The van der Waals surface area contributed by atoms with Crippen LogP contribution >= 0.6 is 0 Å². The smallest absolute Gasteiger partial charge is 0.223 e. The molecule has 0 rings (SSSR count). The van der Waals surface area contributed by atoms with Crippen LogP contribution < -0.4 is 5.32 Å². The summed E-state index contributed by atoms with van der Waals surface area (Å²) < 4.78 is 0. The molecule has 0 bridgehead atoms. The summed E-state index contributed by atoms with van der Waals surface area (Å²) >= 11 is 0. The minimum absolute atomic E-state index is 0.0132. The fourth-order valence-electron chi connectivity index (χ4n) is 2.94. The number of rotatable bonds is 16. The number of carbonyl (C=O) groups is 2. The predicted molar refractivity (Wildman–Crippen MR) is 103 cm³/mol. The van der Waals surface area contributed by atoms with Gasteiger partial charge in [-0.2, -0.15) is 0 Å². The van der Waals surface area contributed by atoms with E-state index in [0.29, 0.717) is 6.42 Å². The van der Waals surface area contributed by atoms with Gasteiger partial charge in [-0.3, -0.25) is 9.59 Å². The molecule has 3 nitrogen and oxygen atoms in total. The zero-order chi connectivity index (χ0) is 18.2. The van der Waals surface area contributed by atoms with E-state index in [0.717, 1.165) is 51.4 Å². The Morgan fingerprint density at radius 3 is 1.92 bits per heavy atom. The zero-order valence-corrected chi connectivity index (χ0v) is 16.7. The van der Waals surface area contributed by atoms with E-state index in [1.165, 1.54) is 25.7 Å². The van der Waals surface area contributed by atoms with Crippen LogP contribution in [0.3, 0.4) is 0 Å². The van der Waals surface area contributed by atoms with Gasteiger partial charge in [0, 0.05) is 12.3 Å². The highest BCUT2D eigenvalue weighted by Crippen LogP contribution is 2.14. The third kappa shape index (κ3) is 11.6. The number of unbranched alkanes of at least 4 members (excludes halogenated alkanes) is 7. The van der Waals surface area contributed by atoms with E-state index in [2.05, 4.69) is 26.1 Å². The summed E-state index contributed by atoms with van der Waals surface area (Å²) in [6.07, 6.45) is 13.7. The van der Waals surface area contributed by atoms with Gasteiger partial charge < -0.3 is 5.32 Å². The van der Waals surface area contributed by atoms with Gasteiger partial charge in [-0.05, 0) is 19.3 Å². The van der Waals surface area contributed by atoms with E-state index in [-0.39, 0.29) is 23.7 Å². The molecule has 0 aliphatic rings. The van der Waals surface area contributed by atoms with Crippen molar-refractivity contribution in [1.82, 2.24) is 5.32 Å². The summed E-state index contributed by atoms with van der Waals surface area (Å²) in [7, 11) is 0. The van der Waals surface area contributed by atoms with Crippen molar-refractivity contribution >= 4 is 11.7 Å². The number of carbonyl (C=O) groups excluding carboxylic acids is 2. The van der Waals surface area contributed by atoms with Gasteiger partial charge in [0.15, 0.2) is 5.78 Å². The number of Topliss-reactive ketones (excluding diaryl/α,β-unsaturated/α-hetero) is 1. The van der Waals surface area contributed by atoms with Crippen LogP contribution in [0.25, 0.3) is 0 Å². The van der Waals surface area contributed by atoms with Gasteiger partial charge in [0.1, 0.15) is 0 Å². The molecule has 0 aromatic rings. The van der Waals surface area contributed by atoms with Gasteiger partial charge in [-0.1, -0.05) is 85.5 Å². The molecule has 0 spiro atoms. The predicted octanol–water partition coefficient (Wildman–Crippen LogP) is 5.81. The second kappa shape index (κ2) is 15.7. The molecule has 0 aromatic heterocycles. The van der Waals surface area contributed by atoms with Crippen molar-refractivity contribution in [2.45, 2.75) is 117 Å². The number of hydrogen-bond acceptors (Lipinski definition) is 2. The molecule has 0 aromatic carbocycles. The monoisotopic (exact) mass is 339 g/mol. The van der Waals surface area contributed by atoms with Crippen LogP contribution in [0, 0.1) is 5.92 Å². The molecule has 24 heavy (non-hydrogen) atoms. The first kappa shape index (κ1) is 23.1. The van der Waals surface area contributed by atoms with Crippen LogP contribution in [0.5, 0.6) is 0 Å². The molecule has 2 unspecified atom stereocenters. The lowest BCUT2D eigenvalue weighted by Crippen LogP contribution is -2.43. The fourth-order valence-corrected chi connectivity index (χ4v) is 2.94. The van der Waals surface area contributed by atoms with Gasteiger partial charge in [0.05, 0.1) is 6.04 Å². The Balaban J connectivity index is 4.30. The second-order valence-corrected chi connectivity index (χ2v) is 7.23. The third-order valence-corrected chi connectivity index (χ3v) is 4.77. The Kier molecular flexibility index (Phi) is 15.1. The van der Waals surface area contributed by atoms with Crippen LogP contribution in [0.15, 0.2) is 0 Å². The minimum atomic E-state index is -0.266. The molecule has 0 fully saturated rings. The quantitative estimate of drug-likeness (QED) is 0.361. The Labute approximate surface area is 150 Å². The summed E-state index contributed by atoms with van der Waals surface area (Å²) in [5, 5.41) is 3.05. The maximum absolute atomic E-state index is 12.4. The van der Waals surface area contributed by atoms with Crippen molar-refractivity contribution in [2.24, 2.45) is 5.92 Å². The fraction of sp³-hybridized carbons (Fsp3) is 0.905. The van der Waals surface area contributed by atoms with E-state index in [9.17, 15) is 9.59 Å². The summed E-state index contributed by atoms with van der Waals surface area (Å²) in [6.45, 7) is 8.46. The lowest BCUT2D eigenvalue weighted by molar-refractivity contribution is -0.130. The summed E-state index contributed by atoms with van der Waals surface area (Å²) in [6, 6.07) is -0.266. The molecule has 3 heteroatoms. The SMILES string of the molecule is CCCCCCCC(C)C(=O)NC(CCCCC)C(=O)CCCC. The molecular formula is C21H41NO2. The van der Waals surface area contributed by atoms with E-state index in [1.54, 1.807) is 0 Å². The maximum atomic E-state index is 12.4. The molecule has 0 radical (unpaired) electrons. The number of amides is 1. The van der Waals surface area contributed by atoms with Gasteiger partial charge in [-0.25, -0.2) is 0 Å². The maximum Gasteiger partial charge on any atom is 0.223 e. The number of ketones is 1. The number of nitrogens with one attached hydrogen (secondary N) is 1. The van der Waals surface area contributed by atoms with Crippen LogP contribution in [0.1, 0.15) is 111 Å². The Hall–Kier alpha value is -0.860. The second-order valence-electron chi connectivity index (χ2n) is 7.23. The Morgan fingerprint density at radius 1 is 0.750 bits per heavy atom. The topological polar surface area (TPSA) is 46.2 Å². The zero-order valence-electron chi connectivity index (χ0n) is 16.7. The third-order valence-electron chi connectivity index (χ3n) is 4.77. The van der Waals surface area contributed by atoms with Crippen molar-refractivity contribution in [3.63, 3.8) is 0 Å². The largest absolute Gasteiger partial charge is 0.346 e. The molecule has 0 heterocycles. The van der Waals surface area contributed by atoms with Crippen molar-refractivity contribution in [3.8, 4) is 0 Å². The molecule has 0 saturated heterocycles. The lowest BCUT2D eigenvalue weighted by atomic mass is 9.97. The first-order chi connectivity index (χ1) is 11.6. The molecular weight excluding hydrogens is 298 g/mol. The van der Waals surface area contributed by atoms with Crippen molar-refractivity contribution in [2.75, 3.05) is 0 Å². The first-order valence-corrected chi connectivity index (χ1v) is 10.4. The van der Waals surface area contributed by atoms with Crippen LogP contribution in [0.2, 0.25) is 0 Å². The average molecular weight is 340 g/mol. The van der Waals surface area contributed by atoms with Crippen LogP contribution in [-0.4, -0.2) is 17.7 Å². The van der Waals surface area contributed by atoms with Crippen molar-refractivity contribution in [3.05, 3.63) is 0 Å². The van der Waals surface area contributed by atoms with E-state index >= 15 is 0 Å². The Morgan fingerprint density at radius 2 is 1.29 bits per heavy atom. The van der Waals surface area contributed by atoms with Crippen LogP contribution in [-0.2, 0) is 9.59 Å². The molecule has 142 valence electrons. The molecule has 2 atom stereocenters. The summed E-state index contributed by atoms with van der Waals surface area (Å²) in [5.41, 5.74) is 0. The van der Waals surface area contributed by atoms with Gasteiger partial charge in [-0.15, -0.1) is 0 Å². The van der Waals surface area contributed by atoms with E-state index < -0.39 is 0 Å². The standard InChI is InChI=1S/C21H41NO2/c1-5-8-11-12-14-15-18(4)21(24)22-19(16-13-9-6-2)20(23)17-10-7-3/h18-19H,5-17H2,1-4H3,(H,22,24). The lowest BCUT2D eigenvalue weighted by Gasteiger charge is -2.20. The van der Waals surface area contributed by atoms with Gasteiger partial charge >= 0.3 is 0 Å². The van der Waals surface area contributed by atoms with Crippen LogP contribution in [0.4, 0.5) is 0 Å². The highest BCUT2D eigenvalue weighted by molar-refractivity contribution is 5.89. The Bertz CT molecular complexity index is 328. The van der Waals surface area contributed by atoms with E-state index in [1.807, 2.05) is 6.92 Å². The molecule has 0 aliphatic heterocycles. The minimum Gasteiger partial charge on any atom is -0.346 e.